The second-order valence-electron chi connectivity index (χ2n) is 4.22. The fraction of sp³-hybridized carbons (Fsp3) is 0.0714. The van der Waals surface area contributed by atoms with E-state index in [1.54, 1.807) is 24.3 Å². The first-order valence-corrected chi connectivity index (χ1v) is 6.83. The lowest BCUT2D eigenvalue weighted by Crippen LogP contribution is -2.20. The number of nitrogens with zero attached hydrogens (tertiary/aromatic N) is 1. The first kappa shape index (κ1) is 16.1. The molecular weight excluding hydrogens is 331 g/mol. The summed E-state index contributed by atoms with van der Waals surface area (Å²) >= 11 is 11.6. The van der Waals surface area contributed by atoms with Crippen molar-refractivity contribution in [1.29, 1.82) is 0 Å². The van der Waals surface area contributed by atoms with Gasteiger partial charge in [0, 0.05) is 22.8 Å². The predicted molar refractivity (Wildman–Crippen MR) is 83.7 cm³/mol. The quantitative estimate of drug-likeness (QED) is 0.660. The molecule has 0 aromatic heterocycles. The molecule has 0 unspecified atom stereocenters. The Labute approximate surface area is 135 Å². The van der Waals surface area contributed by atoms with Gasteiger partial charge in [-0.25, -0.2) is 0 Å². The highest BCUT2D eigenvalue weighted by atomic mass is 35.5. The molecule has 0 aliphatic heterocycles. The molecule has 2 aromatic rings. The smallest absolute Gasteiger partial charge is 0.271 e. The molecule has 0 atom stereocenters. The number of halogens is 2. The molecule has 1 N–H and O–H groups in total. The van der Waals surface area contributed by atoms with Crippen LogP contribution in [0.4, 0.5) is 11.4 Å². The number of nitro groups is 1. The number of nitro benzene ring substituents is 1. The number of anilines is 1. The lowest BCUT2D eigenvalue weighted by molar-refractivity contribution is -0.384. The van der Waals surface area contributed by atoms with E-state index in [0.717, 1.165) is 6.07 Å². The predicted octanol–water partition coefficient (Wildman–Crippen LogP) is 3.92. The van der Waals surface area contributed by atoms with Crippen LogP contribution in [-0.2, 0) is 4.79 Å². The third-order valence-electron chi connectivity index (χ3n) is 2.61. The fourth-order valence-electron chi connectivity index (χ4n) is 1.59. The highest BCUT2D eigenvalue weighted by Crippen LogP contribution is 2.28. The average molecular weight is 341 g/mol. The van der Waals surface area contributed by atoms with Crippen LogP contribution in [0.2, 0.25) is 10.0 Å². The maximum absolute atomic E-state index is 11.7. The van der Waals surface area contributed by atoms with E-state index in [-0.39, 0.29) is 23.1 Å². The summed E-state index contributed by atoms with van der Waals surface area (Å²) in [6.45, 7) is -0.278. The first-order chi connectivity index (χ1) is 10.5. The van der Waals surface area contributed by atoms with Crippen LogP contribution in [0.5, 0.6) is 5.75 Å². The van der Waals surface area contributed by atoms with Crippen LogP contribution in [0.15, 0.2) is 42.5 Å². The van der Waals surface area contributed by atoms with E-state index >= 15 is 0 Å². The van der Waals surface area contributed by atoms with E-state index in [1.807, 2.05) is 0 Å². The van der Waals surface area contributed by atoms with Gasteiger partial charge in [0.25, 0.3) is 11.6 Å². The first-order valence-electron chi connectivity index (χ1n) is 6.08. The van der Waals surface area contributed by atoms with Crippen molar-refractivity contribution >= 4 is 40.5 Å². The van der Waals surface area contributed by atoms with Gasteiger partial charge in [-0.05, 0) is 30.3 Å². The maximum atomic E-state index is 11.7. The van der Waals surface area contributed by atoms with Crippen molar-refractivity contribution in [3.8, 4) is 5.75 Å². The number of ether oxygens (including phenoxy) is 1. The molecule has 1 amide bonds. The van der Waals surface area contributed by atoms with Crippen molar-refractivity contribution in [2.45, 2.75) is 0 Å². The van der Waals surface area contributed by atoms with Crippen LogP contribution in [0.1, 0.15) is 0 Å². The molecule has 2 rings (SSSR count). The minimum Gasteiger partial charge on any atom is -0.482 e. The molecule has 6 nitrogen and oxygen atoms in total. The van der Waals surface area contributed by atoms with Gasteiger partial charge in [-0.15, -0.1) is 0 Å². The maximum Gasteiger partial charge on any atom is 0.271 e. The Morgan fingerprint density at radius 1 is 1.18 bits per heavy atom. The summed E-state index contributed by atoms with van der Waals surface area (Å²) in [5.41, 5.74) is 0.427. The molecule has 114 valence electrons. The summed E-state index contributed by atoms with van der Waals surface area (Å²) in [6.07, 6.45) is 0. The van der Waals surface area contributed by atoms with Crippen molar-refractivity contribution in [1.82, 2.24) is 0 Å². The number of amides is 1. The van der Waals surface area contributed by atoms with Crippen molar-refractivity contribution < 1.29 is 14.5 Å². The Hall–Kier alpha value is -2.31. The SMILES string of the molecule is O=C(COc1ccc([N+](=O)[O-])cc1Cl)Nc1ccc(Cl)cc1. The van der Waals surface area contributed by atoms with E-state index in [0.29, 0.717) is 10.7 Å². The number of hydrogen-bond donors (Lipinski definition) is 1. The monoisotopic (exact) mass is 340 g/mol. The highest BCUT2D eigenvalue weighted by Gasteiger charge is 2.11. The normalized spacial score (nSPS) is 10.1. The van der Waals surface area contributed by atoms with E-state index < -0.39 is 10.8 Å². The summed E-state index contributed by atoms with van der Waals surface area (Å²) in [6, 6.07) is 10.3. The van der Waals surface area contributed by atoms with Gasteiger partial charge in [0.05, 0.1) is 9.95 Å². The van der Waals surface area contributed by atoms with Gasteiger partial charge in [0.1, 0.15) is 5.75 Å². The molecule has 8 heteroatoms. The minimum atomic E-state index is -0.567. The molecule has 0 fully saturated rings. The van der Waals surface area contributed by atoms with Crippen LogP contribution in [0.3, 0.4) is 0 Å². The zero-order valence-corrected chi connectivity index (χ0v) is 12.6. The van der Waals surface area contributed by atoms with Gasteiger partial charge in [-0.1, -0.05) is 23.2 Å². The van der Waals surface area contributed by atoms with E-state index in [1.165, 1.54) is 12.1 Å². The summed E-state index contributed by atoms with van der Waals surface area (Å²) < 4.78 is 5.24. The second kappa shape index (κ2) is 7.11. The summed E-state index contributed by atoms with van der Waals surface area (Å²) in [5.74, 6) is -0.199. The molecule has 0 bridgehead atoms. The molecule has 0 saturated heterocycles. The number of hydrogen-bond acceptors (Lipinski definition) is 4. The molecule has 0 aliphatic rings. The zero-order valence-electron chi connectivity index (χ0n) is 11.1. The summed E-state index contributed by atoms with van der Waals surface area (Å²) in [4.78, 5) is 21.8. The molecule has 0 aliphatic carbocycles. The number of benzene rings is 2. The zero-order chi connectivity index (χ0) is 16.1. The van der Waals surface area contributed by atoms with E-state index in [9.17, 15) is 14.9 Å². The summed E-state index contributed by atoms with van der Waals surface area (Å²) in [5, 5.41) is 13.8. The number of nitrogens with one attached hydrogen (secondary N) is 1. The van der Waals surface area contributed by atoms with Gasteiger partial charge >= 0.3 is 0 Å². The van der Waals surface area contributed by atoms with Crippen LogP contribution in [0.25, 0.3) is 0 Å². The molecule has 0 heterocycles. The van der Waals surface area contributed by atoms with Gasteiger partial charge in [0.15, 0.2) is 6.61 Å². The lowest BCUT2D eigenvalue weighted by atomic mass is 10.3. The summed E-state index contributed by atoms with van der Waals surface area (Å²) in [7, 11) is 0. The van der Waals surface area contributed by atoms with Gasteiger partial charge < -0.3 is 10.1 Å². The third-order valence-corrected chi connectivity index (χ3v) is 3.16. The topological polar surface area (TPSA) is 81.5 Å². The number of carbonyl (C=O) groups is 1. The highest BCUT2D eigenvalue weighted by molar-refractivity contribution is 6.32. The average Bonchev–Trinajstić information content (AvgIpc) is 2.48. The Morgan fingerprint density at radius 3 is 2.45 bits per heavy atom. The van der Waals surface area contributed by atoms with Crippen LogP contribution in [-0.4, -0.2) is 17.4 Å². The Kier molecular flexibility index (Phi) is 5.19. The molecule has 0 radical (unpaired) electrons. The molecule has 2 aromatic carbocycles. The third kappa shape index (κ3) is 4.34. The van der Waals surface area contributed by atoms with Crippen LogP contribution in [0, 0.1) is 10.1 Å². The second-order valence-corrected chi connectivity index (χ2v) is 5.06. The standard InChI is InChI=1S/C14H10Cl2N2O4/c15-9-1-3-10(4-2-9)17-14(19)8-22-13-6-5-11(18(20)21)7-12(13)16/h1-7H,8H2,(H,17,19). The van der Waals surface area contributed by atoms with Crippen LogP contribution >= 0.6 is 23.2 Å². The van der Waals surface area contributed by atoms with E-state index in [2.05, 4.69) is 5.32 Å². The Morgan fingerprint density at radius 2 is 1.86 bits per heavy atom. The fourth-order valence-corrected chi connectivity index (χ4v) is 1.95. The van der Waals surface area contributed by atoms with Gasteiger partial charge in [-0.3, -0.25) is 14.9 Å². The largest absolute Gasteiger partial charge is 0.482 e. The number of carbonyl (C=O) groups excluding carboxylic acids is 1. The molecular formula is C14H10Cl2N2O4. The number of rotatable bonds is 5. The van der Waals surface area contributed by atoms with Crippen molar-refractivity contribution in [3.05, 3.63) is 62.6 Å². The van der Waals surface area contributed by atoms with Gasteiger partial charge in [-0.2, -0.15) is 0 Å². The lowest BCUT2D eigenvalue weighted by Gasteiger charge is -2.08. The van der Waals surface area contributed by atoms with Crippen LogP contribution < -0.4 is 10.1 Å². The minimum absolute atomic E-state index is 0.0634. The molecule has 0 saturated carbocycles. The van der Waals surface area contributed by atoms with E-state index in [4.69, 9.17) is 27.9 Å². The molecule has 22 heavy (non-hydrogen) atoms. The Balaban J connectivity index is 1.93. The van der Waals surface area contributed by atoms with Crippen molar-refractivity contribution in [3.63, 3.8) is 0 Å². The number of non-ortho nitro benzene ring substituents is 1. The molecule has 0 spiro atoms. The van der Waals surface area contributed by atoms with Crippen molar-refractivity contribution in [2.24, 2.45) is 0 Å². The van der Waals surface area contributed by atoms with Gasteiger partial charge in [0.2, 0.25) is 0 Å². The Bertz CT molecular complexity index is 704. The van der Waals surface area contributed by atoms with Crippen molar-refractivity contribution in [2.75, 3.05) is 11.9 Å².